The molecule has 420 valence electrons. The van der Waals surface area contributed by atoms with Gasteiger partial charge in [-0.05, 0) is 70.6 Å². The Morgan fingerprint density at radius 1 is 0.389 bits per heavy atom. The van der Waals surface area contributed by atoms with Gasteiger partial charge in [0.25, 0.3) is 0 Å². The third-order valence-electron chi connectivity index (χ3n) is 12.7. The van der Waals surface area contributed by atoms with Crippen molar-refractivity contribution in [3.63, 3.8) is 0 Å². The summed E-state index contributed by atoms with van der Waals surface area (Å²) in [5.74, 6) is -1.48. The molecule has 0 aliphatic carbocycles. The number of hydrogen-bond donors (Lipinski definition) is 2. The van der Waals surface area contributed by atoms with Crippen LogP contribution in [0.4, 0.5) is 0 Å². The Morgan fingerprint density at radius 3 is 1.08 bits per heavy atom. The molecular formula is C60H109O11P. The van der Waals surface area contributed by atoms with Crippen molar-refractivity contribution in [1.82, 2.24) is 0 Å². The Morgan fingerprint density at radius 2 is 0.708 bits per heavy atom. The average molecular weight is 1040 g/mol. The Labute approximate surface area is 441 Å². The van der Waals surface area contributed by atoms with E-state index in [4.69, 9.17) is 23.3 Å². The van der Waals surface area contributed by atoms with Gasteiger partial charge in [0.05, 0.1) is 19.8 Å². The standard InChI is InChI=1S/C60H109O11P/c1-4-7-10-13-16-19-22-25-26-27-28-29-30-33-34-37-40-43-46-49-58(62)67-53-57(71-60(64)51-48-45-42-39-36-32-24-21-18-15-12-9-6-3)55-69-72(65,66)68-54-56(52-61)70-59(63)50-47-44-41-38-35-31-23-20-17-14-11-8-5-2/h11-12,14-15,20-21,23-24,56-57,61H,4-10,13,16-19,22,25-55H2,1-3H3,(H,65,66)/b14-11-,15-12-,23-20-,24-21-. The minimum atomic E-state index is -4.75. The second-order valence-electron chi connectivity index (χ2n) is 19.8. The molecule has 0 spiro atoms. The lowest BCUT2D eigenvalue weighted by Gasteiger charge is -2.21. The first-order valence-electron chi connectivity index (χ1n) is 29.5. The van der Waals surface area contributed by atoms with Gasteiger partial charge in [-0.2, -0.15) is 0 Å². The van der Waals surface area contributed by atoms with Crippen molar-refractivity contribution in [2.45, 2.75) is 290 Å². The van der Waals surface area contributed by atoms with Crippen LogP contribution in [0.5, 0.6) is 0 Å². The van der Waals surface area contributed by atoms with Gasteiger partial charge in [0.1, 0.15) is 12.7 Å². The van der Waals surface area contributed by atoms with Crippen molar-refractivity contribution in [3.8, 4) is 0 Å². The van der Waals surface area contributed by atoms with Crippen LogP contribution in [-0.4, -0.2) is 66.5 Å². The number of phosphoric acid groups is 1. The lowest BCUT2D eigenvalue weighted by Crippen LogP contribution is -2.30. The van der Waals surface area contributed by atoms with E-state index in [2.05, 4.69) is 69.4 Å². The van der Waals surface area contributed by atoms with Crippen LogP contribution < -0.4 is 0 Å². The van der Waals surface area contributed by atoms with Crippen molar-refractivity contribution < 1.29 is 52.2 Å². The van der Waals surface area contributed by atoms with Gasteiger partial charge in [-0.15, -0.1) is 0 Å². The van der Waals surface area contributed by atoms with E-state index in [9.17, 15) is 28.9 Å². The van der Waals surface area contributed by atoms with Gasteiger partial charge in [-0.3, -0.25) is 23.4 Å². The van der Waals surface area contributed by atoms with Crippen LogP contribution in [0.1, 0.15) is 278 Å². The number of carbonyl (C=O) groups excluding carboxylic acids is 3. The molecule has 72 heavy (non-hydrogen) atoms. The number of rotatable bonds is 55. The molecule has 2 N–H and O–H groups in total. The minimum Gasteiger partial charge on any atom is -0.462 e. The number of phosphoric ester groups is 1. The van der Waals surface area contributed by atoms with Crippen LogP contribution in [0.3, 0.4) is 0 Å². The molecular weight excluding hydrogens is 928 g/mol. The molecule has 0 saturated carbocycles. The molecule has 3 atom stereocenters. The van der Waals surface area contributed by atoms with Gasteiger partial charge >= 0.3 is 25.7 Å². The molecule has 3 unspecified atom stereocenters. The number of aliphatic hydroxyl groups excluding tert-OH is 1. The molecule has 0 fully saturated rings. The van der Waals surface area contributed by atoms with Crippen LogP contribution >= 0.6 is 7.82 Å². The molecule has 0 saturated heterocycles. The number of allylic oxidation sites excluding steroid dienone is 8. The number of carbonyl (C=O) groups is 3. The molecule has 0 rings (SSSR count). The van der Waals surface area contributed by atoms with Gasteiger partial charge in [0.15, 0.2) is 6.10 Å². The second kappa shape index (κ2) is 54.7. The molecule has 0 aliphatic rings. The quantitative estimate of drug-likeness (QED) is 0.0197. The molecule has 0 aromatic rings. The fourth-order valence-electron chi connectivity index (χ4n) is 8.20. The normalized spacial score (nSPS) is 13.7. The molecule has 0 heterocycles. The Kier molecular flexibility index (Phi) is 52.7. The van der Waals surface area contributed by atoms with Crippen molar-refractivity contribution in [1.29, 1.82) is 0 Å². The van der Waals surface area contributed by atoms with Crippen LogP contribution in [0, 0.1) is 0 Å². The predicted molar refractivity (Wildman–Crippen MR) is 298 cm³/mol. The highest BCUT2D eigenvalue weighted by Crippen LogP contribution is 2.43. The van der Waals surface area contributed by atoms with E-state index in [0.29, 0.717) is 19.3 Å². The van der Waals surface area contributed by atoms with E-state index in [1.165, 1.54) is 103 Å². The molecule has 0 aromatic carbocycles. The maximum absolute atomic E-state index is 12.9. The zero-order chi connectivity index (χ0) is 52.7. The van der Waals surface area contributed by atoms with Crippen LogP contribution in [0.15, 0.2) is 48.6 Å². The highest BCUT2D eigenvalue weighted by molar-refractivity contribution is 7.47. The lowest BCUT2D eigenvalue weighted by molar-refractivity contribution is -0.161. The van der Waals surface area contributed by atoms with Crippen molar-refractivity contribution in [2.75, 3.05) is 26.4 Å². The Bertz CT molecular complexity index is 1400. The van der Waals surface area contributed by atoms with Gasteiger partial charge in [0, 0.05) is 19.3 Å². The maximum Gasteiger partial charge on any atom is 0.472 e. The maximum atomic E-state index is 12.9. The van der Waals surface area contributed by atoms with Gasteiger partial charge in [0.2, 0.25) is 0 Å². The van der Waals surface area contributed by atoms with E-state index < -0.39 is 57.8 Å². The number of ether oxygens (including phenoxy) is 3. The van der Waals surface area contributed by atoms with E-state index in [1.54, 1.807) is 0 Å². The predicted octanol–water partition coefficient (Wildman–Crippen LogP) is 17.4. The number of unbranched alkanes of at least 4 members (excludes halogenated alkanes) is 30. The molecule has 0 aromatic heterocycles. The monoisotopic (exact) mass is 1040 g/mol. The van der Waals surface area contributed by atoms with Gasteiger partial charge in [-0.1, -0.05) is 236 Å². The van der Waals surface area contributed by atoms with Crippen molar-refractivity contribution in [2.24, 2.45) is 0 Å². The summed E-state index contributed by atoms with van der Waals surface area (Å²) in [7, 11) is -4.75. The first-order valence-corrected chi connectivity index (χ1v) is 31.0. The summed E-state index contributed by atoms with van der Waals surface area (Å²) in [5, 5.41) is 9.80. The largest absolute Gasteiger partial charge is 0.472 e. The molecule has 0 amide bonds. The summed E-state index contributed by atoms with van der Waals surface area (Å²) in [4.78, 5) is 48.5. The van der Waals surface area contributed by atoms with Gasteiger partial charge < -0.3 is 24.2 Å². The van der Waals surface area contributed by atoms with Crippen LogP contribution in [-0.2, 0) is 42.2 Å². The zero-order valence-electron chi connectivity index (χ0n) is 46.4. The summed E-state index contributed by atoms with van der Waals surface area (Å²) in [6.45, 7) is 4.52. The molecule has 0 bridgehead atoms. The van der Waals surface area contributed by atoms with E-state index >= 15 is 0 Å². The van der Waals surface area contributed by atoms with E-state index in [-0.39, 0.29) is 25.9 Å². The van der Waals surface area contributed by atoms with E-state index in [0.717, 1.165) is 116 Å². The number of hydrogen-bond acceptors (Lipinski definition) is 10. The molecule has 11 nitrogen and oxygen atoms in total. The minimum absolute atomic E-state index is 0.152. The van der Waals surface area contributed by atoms with Crippen LogP contribution in [0.25, 0.3) is 0 Å². The van der Waals surface area contributed by atoms with Crippen molar-refractivity contribution in [3.05, 3.63) is 48.6 Å². The van der Waals surface area contributed by atoms with Crippen molar-refractivity contribution >= 4 is 25.7 Å². The summed E-state index contributed by atoms with van der Waals surface area (Å²) in [5.41, 5.74) is 0. The third kappa shape index (κ3) is 52.3. The third-order valence-corrected chi connectivity index (χ3v) is 13.6. The lowest BCUT2D eigenvalue weighted by atomic mass is 10.0. The summed E-state index contributed by atoms with van der Waals surface area (Å²) < 4.78 is 39.5. The molecule has 0 radical (unpaired) electrons. The van der Waals surface area contributed by atoms with Gasteiger partial charge in [-0.25, -0.2) is 4.57 Å². The first-order chi connectivity index (χ1) is 35.2. The van der Waals surface area contributed by atoms with Crippen LogP contribution in [0.2, 0.25) is 0 Å². The topological polar surface area (TPSA) is 155 Å². The molecule has 0 aliphatic heterocycles. The highest BCUT2D eigenvalue weighted by atomic mass is 31.2. The zero-order valence-corrected chi connectivity index (χ0v) is 47.3. The fraction of sp³-hybridized carbons (Fsp3) is 0.817. The Hall–Kier alpha value is -2.56. The second-order valence-corrected chi connectivity index (χ2v) is 21.3. The highest BCUT2D eigenvalue weighted by Gasteiger charge is 2.28. The molecule has 12 heteroatoms. The number of esters is 3. The fourth-order valence-corrected chi connectivity index (χ4v) is 8.98. The number of aliphatic hydroxyl groups is 1. The van der Waals surface area contributed by atoms with E-state index in [1.807, 2.05) is 0 Å². The SMILES string of the molecule is CCC/C=C\C/C=C\CCCCCCCC(=O)OC(CO)COP(=O)(O)OCC(COC(=O)CCCCCCCCCCCCCCCCCCCCC)OC(=O)CCCCCCC/C=C\C/C=C\CCC. The smallest absolute Gasteiger partial charge is 0.462 e. The summed E-state index contributed by atoms with van der Waals surface area (Å²) >= 11 is 0. The average Bonchev–Trinajstić information content (AvgIpc) is 3.37. The summed E-state index contributed by atoms with van der Waals surface area (Å²) in [6, 6.07) is 0. The summed E-state index contributed by atoms with van der Waals surface area (Å²) in [6.07, 6.45) is 57.9. The first kappa shape index (κ1) is 69.4. The Balaban J connectivity index is 4.67.